The number of carbonyl (C=O) groups is 1. The lowest BCUT2D eigenvalue weighted by Crippen LogP contribution is -2.28. The van der Waals surface area contributed by atoms with Crippen molar-refractivity contribution in [3.05, 3.63) is 70.0 Å². The number of aromatic amines is 1. The summed E-state index contributed by atoms with van der Waals surface area (Å²) in [6, 6.07) is 15.8. The minimum atomic E-state index is -0.131. The minimum Gasteiger partial charge on any atom is -0.380 e. The van der Waals surface area contributed by atoms with Crippen molar-refractivity contribution in [3.63, 3.8) is 0 Å². The van der Waals surface area contributed by atoms with Gasteiger partial charge in [0.05, 0.1) is 6.61 Å². The van der Waals surface area contributed by atoms with Crippen molar-refractivity contribution in [1.82, 2.24) is 20.1 Å². The summed E-state index contributed by atoms with van der Waals surface area (Å²) in [5.74, 6) is 0.517. The molecule has 2 aromatic carbocycles. The van der Waals surface area contributed by atoms with E-state index >= 15 is 0 Å². The highest BCUT2D eigenvalue weighted by atomic mass is 32.1. The Morgan fingerprint density at radius 3 is 2.59 bits per heavy atom. The van der Waals surface area contributed by atoms with Crippen LogP contribution in [-0.2, 0) is 29.2 Å². The summed E-state index contributed by atoms with van der Waals surface area (Å²) in [5, 5.41) is 10.00. The summed E-state index contributed by atoms with van der Waals surface area (Å²) in [4.78, 5) is 12.5. The highest BCUT2D eigenvalue weighted by Crippen LogP contribution is 2.18. The topological polar surface area (TPSA) is 71.9 Å². The zero-order valence-electron chi connectivity index (χ0n) is 15.4. The monoisotopic (exact) mass is 382 g/mol. The third kappa shape index (κ3) is 4.69. The average molecular weight is 382 g/mol. The summed E-state index contributed by atoms with van der Waals surface area (Å²) in [6.07, 6.45) is 0. The van der Waals surface area contributed by atoms with Crippen LogP contribution in [0.25, 0.3) is 11.4 Å². The third-order valence-corrected chi connectivity index (χ3v) is 4.58. The van der Waals surface area contributed by atoms with E-state index in [1.165, 1.54) is 0 Å². The van der Waals surface area contributed by atoms with Gasteiger partial charge in [0.2, 0.25) is 5.91 Å². The zero-order chi connectivity index (χ0) is 19.2. The van der Waals surface area contributed by atoms with E-state index < -0.39 is 0 Å². The number of hydrogen-bond donors (Lipinski definition) is 2. The molecule has 0 saturated heterocycles. The maximum atomic E-state index is 12.5. The van der Waals surface area contributed by atoms with Crippen LogP contribution in [0, 0.1) is 11.7 Å². The number of H-pyrrole nitrogens is 1. The van der Waals surface area contributed by atoms with Gasteiger partial charge in [0.25, 0.3) is 0 Å². The Hall–Kier alpha value is -2.77. The molecular weight excluding hydrogens is 360 g/mol. The number of rotatable bonds is 7. The number of carbonyl (C=O) groups excluding carboxylic acids is 1. The maximum absolute atomic E-state index is 12.5. The summed E-state index contributed by atoms with van der Waals surface area (Å²) in [5.41, 5.74) is 4.15. The van der Waals surface area contributed by atoms with Gasteiger partial charge in [-0.15, -0.1) is 0 Å². The molecule has 0 aliphatic heterocycles. The van der Waals surface area contributed by atoms with E-state index in [0.717, 1.165) is 22.3 Å². The average Bonchev–Trinajstić information content (AvgIpc) is 3.02. The fourth-order valence-electron chi connectivity index (χ4n) is 2.81. The summed E-state index contributed by atoms with van der Waals surface area (Å²) in [6.45, 7) is 3.07. The molecule has 1 aromatic heterocycles. The Morgan fingerprint density at radius 2 is 1.89 bits per heavy atom. The highest BCUT2D eigenvalue weighted by molar-refractivity contribution is 7.71. The van der Waals surface area contributed by atoms with Gasteiger partial charge in [0, 0.05) is 19.2 Å². The third-order valence-electron chi connectivity index (χ3n) is 4.26. The number of nitrogens with zero attached hydrogens (tertiary/aromatic N) is 2. The molecule has 3 rings (SSSR count). The first-order chi connectivity index (χ1) is 13.1. The quantitative estimate of drug-likeness (QED) is 0.615. The van der Waals surface area contributed by atoms with E-state index in [1.807, 2.05) is 55.5 Å². The van der Waals surface area contributed by atoms with Crippen molar-refractivity contribution in [2.24, 2.45) is 0 Å². The first-order valence-corrected chi connectivity index (χ1v) is 9.04. The van der Waals surface area contributed by atoms with E-state index in [-0.39, 0.29) is 12.5 Å². The van der Waals surface area contributed by atoms with Crippen LogP contribution in [0.1, 0.15) is 16.7 Å². The second-order valence-corrected chi connectivity index (χ2v) is 6.67. The molecule has 1 amide bonds. The second-order valence-electron chi connectivity index (χ2n) is 6.28. The molecule has 0 radical (unpaired) electrons. The number of benzene rings is 2. The smallest absolute Gasteiger partial charge is 0.240 e. The minimum absolute atomic E-state index is 0.102. The van der Waals surface area contributed by atoms with Gasteiger partial charge in [-0.25, -0.2) is 0 Å². The van der Waals surface area contributed by atoms with Crippen LogP contribution in [0.15, 0.2) is 48.5 Å². The fourth-order valence-corrected chi connectivity index (χ4v) is 3.00. The molecule has 140 valence electrons. The second kappa shape index (κ2) is 8.75. The first-order valence-electron chi connectivity index (χ1n) is 8.63. The highest BCUT2D eigenvalue weighted by Gasteiger charge is 2.12. The molecule has 0 spiro atoms. The summed E-state index contributed by atoms with van der Waals surface area (Å²) >= 11 is 5.30. The Labute approximate surface area is 163 Å². The molecular formula is C20H22N4O2S. The molecule has 0 unspecified atom stereocenters. The fraction of sp³-hybridized carbons (Fsp3) is 0.250. The normalized spacial score (nSPS) is 10.7. The van der Waals surface area contributed by atoms with Crippen LogP contribution in [0.4, 0.5) is 0 Å². The number of aryl methyl sites for hydroxylation is 1. The van der Waals surface area contributed by atoms with Gasteiger partial charge in [-0.3, -0.25) is 14.5 Å². The van der Waals surface area contributed by atoms with Crippen molar-refractivity contribution in [1.29, 1.82) is 0 Å². The number of nitrogens with one attached hydrogen (secondary N) is 2. The predicted octanol–water partition coefficient (Wildman–Crippen LogP) is 3.38. The Morgan fingerprint density at radius 1 is 1.19 bits per heavy atom. The lowest BCUT2D eigenvalue weighted by Gasteiger charge is -2.11. The Bertz CT molecular complexity index is 976. The number of aromatic nitrogens is 3. The van der Waals surface area contributed by atoms with Crippen LogP contribution in [0.3, 0.4) is 0 Å². The van der Waals surface area contributed by atoms with Crippen LogP contribution in [-0.4, -0.2) is 27.8 Å². The van der Waals surface area contributed by atoms with E-state index in [2.05, 4.69) is 15.5 Å². The molecule has 0 saturated carbocycles. The van der Waals surface area contributed by atoms with E-state index in [9.17, 15) is 4.79 Å². The number of methoxy groups -OCH3 is 1. The largest absolute Gasteiger partial charge is 0.380 e. The van der Waals surface area contributed by atoms with Gasteiger partial charge in [-0.05, 0) is 30.3 Å². The van der Waals surface area contributed by atoms with Gasteiger partial charge in [-0.2, -0.15) is 5.10 Å². The molecule has 0 bridgehead atoms. The van der Waals surface area contributed by atoms with Crippen LogP contribution in [0.5, 0.6) is 0 Å². The van der Waals surface area contributed by atoms with Crippen LogP contribution in [0.2, 0.25) is 0 Å². The summed E-state index contributed by atoms with van der Waals surface area (Å²) < 4.78 is 7.33. The standard InChI is InChI=1S/C20H22N4O2S/c1-14-7-9-15(10-8-14)19-22-23-20(27)24(19)12-18(25)21-11-16-5-3-4-6-17(16)13-26-2/h3-10H,11-13H2,1-2H3,(H,21,25)(H,23,27). The molecule has 6 nitrogen and oxygen atoms in total. The van der Waals surface area contributed by atoms with Gasteiger partial charge in [0.1, 0.15) is 6.54 Å². The van der Waals surface area contributed by atoms with Crippen LogP contribution < -0.4 is 5.32 Å². The van der Waals surface area contributed by atoms with Gasteiger partial charge < -0.3 is 10.1 Å². The van der Waals surface area contributed by atoms with E-state index in [0.29, 0.717) is 23.7 Å². The molecule has 0 aliphatic carbocycles. The number of hydrogen-bond acceptors (Lipinski definition) is 4. The van der Waals surface area contributed by atoms with Crippen molar-refractivity contribution >= 4 is 18.1 Å². The number of amides is 1. The number of ether oxygens (including phenoxy) is 1. The van der Waals surface area contributed by atoms with Gasteiger partial charge in [-0.1, -0.05) is 54.1 Å². The van der Waals surface area contributed by atoms with Crippen molar-refractivity contribution in [3.8, 4) is 11.4 Å². The zero-order valence-corrected chi connectivity index (χ0v) is 16.2. The van der Waals surface area contributed by atoms with Gasteiger partial charge in [0.15, 0.2) is 10.6 Å². The van der Waals surface area contributed by atoms with Crippen molar-refractivity contribution in [2.45, 2.75) is 26.6 Å². The molecule has 0 aliphatic rings. The Balaban J connectivity index is 1.71. The lowest BCUT2D eigenvalue weighted by molar-refractivity contribution is -0.121. The first kappa shape index (κ1) is 19.0. The SMILES string of the molecule is COCc1ccccc1CNC(=O)Cn1c(-c2ccc(C)cc2)n[nH]c1=S. The van der Waals surface area contributed by atoms with Gasteiger partial charge >= 0.3 is 0 Å². The summed E-state index contributed by atoms with van der Waals surface area (Å²) in [7, 11) is 1.66. The maximum Gasteiger partial charge on any atom is 0.240 e. The van der Waals surface area contributed by atoms with Crippen LogP contribution >= 0.6 is 12.2 Å². The van der Waals surface area contributed by atoms with E-state index in [4.69, 9.17) is 17.0 Å². The van der Waals surface area contributed by atoms with E-state index in [1.54, 1.807) is 11.7 Å². The molecule has 1 heterocycles. The lowest BCUT2D eigenvalue weighted by atomic mass is 10.1. The molecule has 7 heteroatoms. The molecule has 27 heavy (non-hydrogen) atoms. The molecule has 0 fully saturated rings. The predicted molar refractivity (Wildman–Crippen MR) is 107 cm³/mol. The molecule has 3 aromatic rings. The van der Waals surface area contributed by atoms with Crippen molar-refractivity contribution < 1.29 is 9.53 Å². The van der Waals surface area contributed by atoms with Crippen molar-refractivity contribution in [2.75, 3.05) is 7.11 Å². The molecule has 0 atom stereocenters. The molecule has 2 N–H and O–H groups in total. The Kier molecular flexibility index (Phi) is 6.16.